The molecule has 10 nitrogen and oxygen atoms in total. The number of hydrogen-bond acceptors (Lipinski definition) is 6. The van der Waals surface area contributed by atoms with Gasteiger partial charge in [-0.2, -0.15) is 0 Å². The number of primary amides is 1. The minimum atomic E-state index is -0.814. The van der Waals surface area contributed by atoms with E-state index in [4.69, 9.17) is 5.73 Å². The average molecular weight is 436 g/mol. The van der Waals surface area contributed by atoms with Gasteiger partial charge in [-0.3, -0.25) is 24.2 Å². The van der Waals surface area contributed by atoms with Crippen LogP contribution < -0.4 is 16.4 Å². The van der Waals surface area contributed by atoms with Gasteiger partial charge >= 0.3 is 11.8 Å². The molecule has 4 heterocycles. The predicted molar refractivity (Wildman–Crippen MR) is 115 cm³/mol. The number of fused-ring (bicyclic) bond motifs is 1. The third kappa shape index (κ3) is 4.43. The Morgan fingerprint density at radius 2 is 1.97 bits per heavy atom. The van der Waals surface area contributed by atoms with E-state index in [0.717, 1.165) is 17.5 Å². The van der Waals surface area contributed by atoms with Crippen molar-refractivity contribution in [3.05, 3.63) is 47.4 Å². The second-order valence-electron chi connectivity index (χ2n) is 8.26. The quantitative estimate of drug-likeness (QED) is 0.620. The Morgan fingerprint density at radius 3 is 2.75 bits per heavy atom. The number of nitrogens with zero attached hydrogens (tertiary/aromatic N) is 3. The first kappa shape index (κ1) is 21.4. The molecule has 0 unspecified atom stereocenters. The molecule has 0 aliphatic carbocycles. The van der Waals surface area contributed by atoms with Crippen LogP contribution in [0, 0.1) is 5.92 Å². The van der Waals surface area contributed by atoms with Gasteiger partial charge in [0.1, 0.15) is 5.82 Å². The van der Waals surface area contributed by atoms with Crippen LogP contribution in [0.1, 0.15) is 53.7 Å². The van der Waals surface area contributed by atoms with Crippen molar-refractivity contribution < 1.29 is 19.2 Å². The minimum absolute atomic E-state index is 0.0624. The molecular formula is C22H24N6O4. The second-order valence-corrected chi connectivity index (χ2v) is 8.26. The van der Waals surface area contributed by atoms with Gasteiger partial charge in [0.2, 0.25) is 11.8 Å². The number of hydrogen-bond donors (Lipinski definition) is 3. The van der Waals surface area contributed by atoms with Crippen molar-refractivity contribution in [2.75, 3.05) is 17.2 Å². The van der Waals surface area contributed by atoms with Crippen LogP contribution in [0.3, 0.4) is 0 Å². The fraction of sp³-hybridized carbons (Fsp3) is 0.364. The highest BCUT2D eigenvalue weighted by molar-refractivity contribution is 6.39. The largest absolute Gasteiger partial charge is 0.366 e. The van der Waals surface area contributed by atoms with Crippen LogP contribution in [0.4, 0.5) is 11.5 Å². The zero-order valence-electron chi connectivity index (χ0n) is 17.6. The Labute approximate surface area is 184 Å². The van der Waals surface area contributed by atoms with Crippen LogP contribution >= 0.6 is 0 Å². The van der Waals surface area contributed by atoms with E-state index in [2.05, 4.69) is 20.6 Å². The molecule has 0 bridgehead atoms. The second kappa shape index (κ2) is 8.74. The summed E-state index contributed by atoms with van der Waals surface area (Å²) in [4.78, 5) is 58.6. The highest BCUT2D eigenvalue weighted by atomic mass is 16.2. The number of aryl methyl sites for hydroxylation is 1. The molecule has 0 saturated carbocycles. The van der Waals surface area contributed by atoms with E-state index in [0.29, 0.717) is 31.6 Å². The molecule has 0 aromatic carbocycles. The number of rotatable bonds is 3. The van der Waals surface area contributed by atoms with Crippen molar-refractivity contribution in [2.45, 2.75) is 38.6 Å². The molecule has 2 atom stereocenters. The first-order valence-corrected chi connectivity index (χ1v) is 10.5. The normalized spacial score (nSPS) is 20.2. The first-order chi connectivity index (χ1) is 15.3. The highest BCUT2D eigenvalue weighted by Gasteiger charge is 2.35. The van der Waals surface area contributed by atoms with Crippen LogP contribution in [0.15, 0.2) is 30.7 Å². The van der Waals surface area contributed by atoms with Crippen LogP contribution in [-0.2, 0) is 20.8 Å². The number of amides is 4. The molecule has 32 heavy (non-hydrogen) atoms. The topological polar surface area (TPSA) is 147 Å². The predicted octanol–water partition coefficient (Wildman–Crippen LogP) is 1.40. The number of anilines is 2. The number of likely N-dealkylation sites (tertiary alicyclic amines) is 1. The molecular weight excluding hydrogens is 412 g/mol. The van der Waals surface area contributed by atoms with Crippen LogP contribution in [0.2, 0.25) is 0 Å². The first-order valence-electron chi connectivity index (χ1n) is 10.5. The van der Waals surface area contributed by atoms with Crippen molar-refractivity contribution in [1.82, 2.24) is 14.9 Å². The molecule has 2 aliphatic heterocycles. The summed E-state index contributed by atoms with van der Waals surface area (Å²) >= 11 is 0. The van der Waals surface area contributed by atoms with E-state index in [9.17, 15) is 19.2 Å². The van der Waals surface area contributed by atoms with Crippen molar-refractivity contribution in [1.29, 1.82) is 0 Å². The monoisotopic (exact) mass is 436 g/mol. The maximum atomic E-state index is 13.1. The van der Waals surface area contributed by atoms with Crippen LogP contribution in [-0.4, -0.2) is 45.0 Å². The Balaban J connectivity index is 1.55. The molecule has 0 radical (unpaired) electrons. The number of carbonyl (C=O) groups is 4. The molecule has 4 rings (SSSR count). The molecule has 2 aliphatic rings. The summed E-state index contributed by atoms with van der Waals surface area (Å²) in [6, 6.07) is 3.04. The van der Waals surface area contributed by atoms with Crippen molar-refractivity contribution >= 4 is 35.1 Å². The molecule has 10 heteroatoms. The fourth-order valence-electron chi connectivity index (χ4n) is 4.14. The maximum absolute atomic E-state index is 13.1. The van der Waals surface area contributed by atoms with E-state index in [-0.39, 0.29) is 29.1 Å². The third-order valence-corrected chi connectivity index (χ3v) is 5.81. The molecule has 1 fully saturated rings. The van der Waals surface area contributed by atoms with Gasteiger partial charge in [-0.15, -0.1) is 0 Å². The van der Waals surface area contributed by atoms with Crippen molar-refractivity contribution in [3.63, 3.8) is 0 Å². The highest BCUT2D eigenvalue weighted by Crippen LogP contribution is 2.35. The van der Waals surface area contributed by atoms with Crippen LogP contribution in [0.5, 0.6) is 0 Å². The lowest BCUT2D eigenvalue weighted by atomic mass is 9.89. The molecule has 2 aromatic heterocycles. The maximum Gasteiger partial charge on any atom is 0.313 e. The lowest BCUT2D eigenvalue weighted by Gasteiger charge is -2.38. The zero-order valence-corrected chi connectivity index (χ0v) is 17.6. The van der Waals surface area contributed by atoms with E-state index >= 15 is 0 Å². The molecule has 4 N–H and O–H groups in total. The van der Waals surface area contributed by atoms with E-state index in [1.54, 1.807) is 11.1 Å². The SMILES string of the molecule is C[C@@H]1CC[C@@H](c2cnc3c(c2)CCC(=O)N3)N(C(=O)C(=O)Nc2cncc(C(N)=O)c2)C1. The summed E-state index contributed by atoms with van der Waals surface area (Å²) in [6.45, 7) is 2.47. The molecule has 166 valence electrons. The van der Waals surface area contributed by atoms with Crippen molar-refractivity contribution in [3.8, 4) is 0 Å². The molecule has 1 saturated heterocycles. The van der Waals surface area contributed by atoms with Gasteiger partial charge in [0.05, 0.1) is 23.5 Å². The number of carbonyl (C=O) groups excluding carboxylic acids is 4. The van der Waals surface area contributed by atoms with Gasteiger partial charge < -0.3 is 21.3 Å². The van der Waals surface area contributed by atoms with Crippen LogP contribution in [0.25, 0.3) is 0 Å². The van der Waals surface area contributed by atoms with Gasteiger partial charge in [0.25, 0.3) is 0 Å². The Bertz CT molecular complexity index is 1100. The van der Waals surface area contributed by atoms with Gasteiger partial charge in [-0.25, -0.2) is 4.98 Å². The van der Waals surface area contributed by atoms with E-state index in [1.807, 2.05) is 13.0 Å². The number of nitrogens with two attached hydrogens (primary N) is 1. The fourth-order valence-corrected chi connectivity index (χ4v) is 4.14. The van der Waals surface area contributed by atoms with Gasteiger partial charge in [0, 0.05) is 25.4 Å². The standard InChI is InChI=1S/C22H24N6O4/c1-12-2-4-17(14-6-13-3-5-18(29)27-20(13)25-9-14)28(11-12)22(32)21(31)26-16-7-15(19(23)30)8-24-10-16/h6-10,12,17H,2-5,11H2,1H3,(H2,23,30)(H,26,31)(H,25,27,29)/t12-,17+/m1/s1. The minimum Gasteiger partial charge on any atom is -0.366 e. The number of nitrogens with one attached hydrogen (secondary N) is 2. The number of pyridine rings is 2. The van der Waals surface area contributed by atoms with Crippen molar-refractivity contribution in [2.24, 2.45) is 11.7 Å². The lowest BCUT2D eigenvalue weighted by Crippen LogP contribution is -2.46. The van der Waals surface area contributed by atoms with E-state index in [1.165, 1.54) is 18.5 Å². The van der Waals surface area contributed by atoms with E-state index < -0.39 is 17.7 Å². The molecule has 4 amide bonds. The summed E-state index contributed by atoms with van der Waals surface area (Å²) in [5, 5.41) is 5.27. The average Bonchev–Trinajstić information content (AvgIpc) is 2.78. The molecule has 0 spiro atoms. The van der Waals surface area contributed by atoms with Gasteiger partial charge in [0.15, 0.2) is 0 Å². The smallest absolute Gasteiger partial charge is 0.313 e. The summed E-state index contributed by atoms with van der Waals surface area (Å²) < 4.78 is 0. The summed E-state index contributed by atoms with van der Waals surface area (Å²) in [5.41, 5.74) is 7.36. The van der Waals surface area contributed by atoms with Gasteiger partial charge in [-0.05, 0) is 48.4 Å². The summed E-state index contributed by atoms with van der Waals surface area (Å²) in [5.74, 6) is -1.43. The van der Waals surface area contributed by atoms with Gasteiger partial charge in [-0.1, -0.05) is 6.92 Å². The summed E-state index contributed by atoms with van der Waals surface area (Å²) in [6.07, 6.45) is 6.87. The number of piperidine rings is 1. The Hall–Kier alpha value is -3.82. The Morgan fingerprint density at radius 1 is 1.16 bits per heavy atom. The number of aromatic nitrogens is 2. The third-order valence-electron chi connectivity index (χ3n) is 5.81. The molecule has 2 aromatic rings. The summed E-state index contributed by atoms with van der Waals surface area (Å²) in [7, 11) is 0. The zero-order chi connectivity index (χ0) is 22.8. The Kier molecular flexibility index (Phi) is 5.85. The lowest BCUT2D eigenvalue weighted by molar-refractivity contribution is -0.146.